The van der Waals surface area contributed by atoms with E-state index in [4.69, 9.17) is 15.2 Å². The largest absolute Gasteiger partial charge is 0.493 e. The van der Waals surface area contributed by atoms with Gasteiger partial charge in [-0.1, -0.05) is 19.4 Å². The lowest BCUT2D eigenvalue weighted by molar-refractivity contribution is 0.288. The molecular formula is C16H21BrN4O3. The molecule has 1 aromatic carbocycles. The molecule has 0 unspecified atom stereocenters. The molecule has 0 aliphatic rings. The minimum atomic E-state index is -0.343. The maximum atomic E-state index is 11.6. The second-order valence-electron chi connectivity index (χ2n) is 5.17. The summed E-state index contributed by atoms with van der Waals surface area (Å²) in [5.41, 5.74) is 6.88. The van der Waals surface area contributed by atoms with Gasteiger partial charge in [-0.05, 0) is 40.0 Å². The van der Waals surface area contributed by atoms with Crippen molar-refractivity contribution in [2.45, 2.75) is 26.3 Å². The van der Waals surface area contributed by atoms with Gasteiger partial charge in [0, 0.05) is 6.54 Å². The summed E-state index contributed by atoms with van der Waals surface area (Å²) in [6.45, 7) is 3.21. The van der Waals surface area contributed by atoms with Crippen LogP contribution < -0.4 is 26.1 Å². The molecule has 2 aromatic rings. The SMILES string of the molecule is CCCCOc1cc(CNc2c(N)n[nH]c(=O)c2Br)ccc1OC. The number of benzene rings is 1. The molecule has 0 amide bonds. The Kier molecular flexibility index (Phi) is 6.48. The number of halogens is 1. The smallest absolute Gasteiger partial charge is 0.280 e. The number of methoxy groups -OCH3 is 1. The molecule has 1 aromatic heterocycles. The lowest BCUT2D eigenvalue weighted by atomic mass is 10.2. The molecular weight excluding hydrogens is 376 g/mol. The van der Waals surface area contributed by atoms with Crippen molar-refractivity contribution in [2.75, 3.05) is 24.8 Å². The molecule has 0 aliphatic carbocycles. The Labute approximate surface area is 148 Å². The monoisotopic (exact) mass is 396 g/mol. The van der Waals surface area contributed by atoms with Gasteiger partial charge < -0.3 is 20.5 Å². The van der Waals surface area contributed by atoms with Crippen molar-refractivity contribution in [3.8, 4) is 11.5 Å². The van der Waals surface area contributed by atoms with E-state index in [0.717, 1.165) is 18.4 Å². The van der Waals surface area contributed by atoms with Gasteiger partial charge >= 0.3 is 0 Å². The highest BCUT2D eigenvalue weighted by molar-refractivity contribution is 9.10. The molecule has 7 nitrogen and oxygen atoms in total. The maximum Gasteiger partial charge on any atom is 0.280 e. The topological polar surface area (TPSA) is 102 Å². The van der Waals surface area contributed by atoms with Gasteiger partial charge in [-0.15, -0.1) is 0 Å². The second-order valence-corrected chi connectivity index (χ2v) is 5.96. The average molecular weight is 397 g/mol. The summed E-state index contributed by atoms with van der Waals surface area (Å²) in [6, 6.07) is 5.68. The van der Waals surface area contributed by atoms with Gasteiger partial charge in [-0.3, -0.25) is 4.79 Å². The van der Waals surface area contributed by atoms with Crippen molar-refractivity contribution < 1.29 is 9.47 Å². The van der Waals surface area contributed by atoms with Gasteiger partial charge in [0.1, 0.15) is 4.47 Å². The van der Waals surface area contributed by atoms with Crippen LogP contribution in [0.3, 0.4) is 0 Å². The molecule has 0 spiro atoms. The zero-order valence-corrected chi connectivity index (χ0v) is 15.3. The number of nitrogens with one attached hydrogen (secondary N) is 2. The zero-order valence-electron chi connectivity index (χ0n) is 13.7. The molecule has 130 valence electrons. The standard InChI is InChI=1S/C16H21BrN4O3/c1-3-4-7-24-12-8-10(5-6-11(12)23-2)9-19-14-13(17)16(22)21-20-15(14)18/h5-6,8H,3-4,7,9H2,1-2H3,(H2,18,20)(H2,19,21,22). The van der Waals surface area contributed by atoms with E-state index in [-0.39, 0.29) is 11.4 Å². The predicted molar refractivity (Wildman–Crippen MR) is 97.7 cm³/mol. The van der Waals surface area contributed by atoms with Crippen LogP contribution in [0.1, 0.15) is 25.3 Å². The number of H-pyrrole nitrogens is 1. The number of aromatic nitrogens is 2. The van der Waals surface area contributed by atoms with E-state index in [9.17, 15) is 4.79 Å². The summed E-state index contributed by atoms with van der Waals surface area (Å²) >= 11 is 3.21. The molecule has 0 fully saturated rings. The minimum absolute atomic E-state index is 0.217. The molecule has 8 heteroatoms. The second kappa shape index (κ2) is 8.58. The first-order valence-electron chi connectivity index (χ1n) is 7.64. The summed E-state index contributed by atoms with van der Waals surface area (Å²) in [6.07, 6.45) is 2.04. The number of ether oxygens (including phenoxy) is 2. The van der Waals surface area contributed by atoms with Crippen LogP contribution in [0.25, 0.3) is 0 Å². The van der Waals surface area contributed by atoms with Crippen LogP contribution >= 0.6 is 15.9 Å². The lowest BCUT2D eigenvalue weighted by Gasteiger charge is -2.14. The Hall–Kier alpha value is -2.22. The molecule has 0 atom stereocenters. The molecule has 2 rings (SSSR count). The average Bonchev–Trinajstić information content (AvgIpc) is 2.59. The first kappa shape index (κ1) is 18.1. The van der Waals surface area contributed by atoms with Crippen molar-refractivity contribution in [1.82, 2.24) is 10.2 Å². The Morgan fingerprint density at radius 1 is 1.38 bits per heavy atom. The zero-order chi connectivity index (χ0) is 17.5. The molecule has 24 heavy (non-hydrogen) atoms. The summed E-state index contributed by atoms with van der Waals surface area (Å²) in [4.78, 5) is 11.6. The van der Waals surface area contributed by atoms with Gasteiger partial charge in [-0.25, -0.2) is 5.10 Å². The fourth-order valence-electron chi connectivity index (χ4n) is 2.07. The molecule has 0 bridgehead atoms. The van der Waals surface area contributed by atoms with Crippen molar-refractivity contribution in [2.24, 2.45) is 0 Å². The van der Waals surface area contributed by atoms with Crippen molar-refractivity contribution in [1.29, 1.82) is 0 Å². The van der Waals surface area contributed by atoms with Gasteiger partial charge in [0.15, 0.2) is 17.3 Å². The molecule has 0 aliphatic heterocycles. The number of hydrogen-bond acceptors (Lipinski definition) is 6. The predicted octanol–water partition coefficient (Wildman–Crippen LogP) is 2.91. The summed E-state index contributed by atoms with van der Waals surface area (Å²) < 4.78 is 11.4. The fourth-order valence-corrected chi connectivity index (χ4v) is 2.50. The Bertz CT molecular complexity index is 749. The van der Waals surface area contributed by atoms with Crippen LogP contribution in [0.2, 0.25) is 0 Å². The third-order valence-corrected chi connectivity index (χ3v) is 4.16. The van der Waals surface area contributed by atoms with E-state index in [0.29, 0.717) is 34.8 Å². The van der Waals surface area contributed by atoms with E-state index < -0.39 is 0 Å². The number of anilines is 2. The van der Waals surface area contributed by atoms with Gasteiger partial charge in [0.05, 0.1) is 19.4 Å². The van der Waals surface area contributed by atoms with Crippen LogP contribution in [0.15, 0.2) is 27.5 Å². The summed E-state index contributed by atoms with van der Waals surface area (Å²) in [7, 11) is 1.61. The first-order chi connectivity index (χ1) is 11.6. The molecule has 0 radical (unpaired) electrons. The molecule has 1 heterocycles. The first-order valence-corrected chi connectivity index (χ1v) is 8.43. The van der Waals surface area contributed by atoms with Gasteiger partial charge in [0.2, 0.25) is 0 Å². The maximum absolute atomic E-state index is 11.6. The number of aromatic amines is 1. The van der Waals surface area contributed by atoms with Gasteiger partial charge in [-0.2, -0.15) is 5.10 Å². The number of nitrogens with two attached hydrogens (primary N) is 1. The molecule has 0 saturated carbocycles. The third kappa shape index (κ3) is 4.41. The number of nitrogen functional groups attached to an aromatic ring is 1. The summed E-state index contributed by atoms with van der Waals surface area (Å²) in [5.74, 6) is 1.60. The quantitative estimate of drug-likeness (QED) is 0.592. The Balaban J connectivity index is 2.14. The number of nitrogens with zero attached hydrogens (tertiary/aromatic N) is 1. The van der Waals surface area contributed by atoms with Gasteiger partial charge in [0.25, 0.3) is 5.56 Å². The highest BCUT2D eigenvalue weighted by Gasteiger charge is 2.11. The Morgan fingerprint density at radius 3 is 2.88 bits per heavy atom. The summed E-state index contributed by atoms with van der Waals surface area (Å²) in [5, 5.41) is 9.17. The number of hydrogen-bond donors (Lipinski definition) is 3. The van der Waals surface area contributed by atoms with Crippen molar-refractivity contribution >= 4 is 27.4 Å². The Morgan fingerprint density at radius 2 is 2.17 bits per heavy atom. The van der Waals surface area contributed by atoms with Crippen LogP contribution in [0.4, 0.5) is 11.5 Å². The van der Waals surface area contributed by atoms with Crippen molar-refractivity contribution in [3.05, 3.63) is 38.6 Å². The highest BCUT2D eigenvalue weighted by Crippen LogP contribution is 2.29. The lowest BCUT2D eigenvalue weighted by Crippen LogP contribution is -2.15. The van der Waals surface area contributed by atoms with Crippen LogP contribution in [0.5, 0.6) is 11.5 Å². The number of rotatable bonds is 8. The molecule has 0 saturated heterocycles. The van der Waals surface area contributed by atoms with E-state index in [2.05, 4.69) is 38.4 Å². The van der Waals surface area contributed by atoms with Crippen LogP contribution in [-0.4, -0.2) is 23.9 Å². The van der Waals surface area contributed by atoms with E-state index in [1.165, 1.54) is 0 Å². The van der Waals surface area contributed by atoms with E-state index >= 15 is 0 Å². The van der Waals surface area contributed by atoms with E-state index in [1.807, 2.05) is 18.2 Å². The minimum Gasteiger partial charge on any atom is -0.493 e. The third-order valence-electron chi connectivity index (χ3n) is 3.41. The fraction of sp³-hybridized carbons (Fsp3) is 0.375. The van der Waals surface area contributed by atoms with Crippen LogP contribution in [0, 0.1) is 0 Å². The van der Waals surface area contributed by atoms with Crippen LogP contribution in [-0.2, 0) is 6.54 Å². The van der Waals surface area contributed by atoms with E-state index in [1.54, 1.807) is 7.11 Å². The number of unbranched alkanes of at least 4 members (excludes halogenated alkanes) is 1. The van der Waals surface area contributed by atoms with Crippen molar-refractivity contribution in [3.63, 3.8) is 0 Å². The molecule has 4 N–H and O–H groups in total. The highest BCUT2D eigenvalue weighted by atomic mass is 79.9. The normalized spacial score (nSPS) is 10.5.